The second-order valence-corrected chi connectivity index (χ2v) is 5.55. The molecule has 2 unspecified atom stereocenters. The molecule has 1 nitrogen and oxygen atoms in total. The Morgan fingerprint density at radius 1 is 1.08 bits per heavy atom. The van der Waals surface area contributed by atoms with E-state index in [0.29, 0.717) is 5.92 Å². The van der Waals surface area contributed by atoms with Crippen LogP contribution in [0.3, 0.4) is 0 Å². The third kappa shape index (κ3) is 2.55. The van der Waals surface area contributed by atoms with E-state index in [1.807, 2.05) is 0 Å². The Hall–Kier alpha value is -0.330. The van der Waals surface area contributed by atoms with Crippen LogP contribution in [-0.4, -0.2) is 6.29 Å². The molecule has 0 amide bonds. The van der Waals surface area contributed by atoms with E-state index in [9.17, 15) is 4.79 Å². The SMILES string of the molecule is CC1CC(C)CC(C(C)(C)C=O)C1. The summed E-state index contributed by atoms with van der Waals surface area (Å²) in [6, 6.07) is 0. The Morgan fingerprint density at radius 3 is 1.92 bits per heavy atom. The molecule has 0 aromatic rings. The van der Waals surface area contributed by atoms with Gasteiger partial charge in [-0.05, 0) is 37.0 Å². The fourth-order valence-electron chi connectivity index (χ4n) is 2.65. The molecule has 76 valence electrons. The molecular weight excluding hydrogens is 160 g/mol. The van der Waals surface area contributed by atoms with E-state index in [1.165, 1.54) is 19.3 Å². The van der Waals surface area contributed by atoms with Crippen LogP contribution in [0.25, 0.3) is 0 Å². The van der Waals surface area contributed by atoms with Crippen molar-refractivity contribution in [2.24, 2.45) is 23.2 Å². The van der Waals surface area contributed by atoms with Crippen LogP contribution in [0.15, 0.2) is 0 Å². The van der Waals surface area contributed by atoms with Crippen molar-refractivity contribution in [1.82, 2.24) is 0 Å². The van der Waals surface area contributed by atoms with Crippen molar-refractivity contribution < 1.29 is 4.79 Å². The maximum Gasteiger partial charge on any atom is 0.125 e. The molecular formula is C12H22O. The number of carbonyl (C=O) groups excluding carboxylic acids is 1. The van der Waals surface area contributed by atoms with Crippen molar-refractivity contribution in [3.8, 4) is 0 Å². The Labute approximate surface area is 81.9 Å². The lowest BCUT2D eigenvalue weighted by Gasteiger charge is -2.38. The summed E-state index contributed by atoms with van der Waals surface area (Å²) in [5, 5.41) is 0. The van der Waals surface area contributed by atoms with Gasteiger partial charge in [-0.2, -0.15) is 0 Å². The molecule has 1 fully saturated rings. The topological polar surface area (TPSA) is 17.1 Å². The molecule has 2 atom stereocenters. The summed E-state index contributed by atoms with van der Waals surface area (Å²) in [6.45, 7) is 8.78. The van der Waals surface area contributed by atoms with Gasteiger partial charge in [-0.25, -0.2) is 0 Å². The standard InChI is InChI=1S/C12H22O/c1-9-5-10(2)7-11(6-9)12(3,4)8-13/h8-11H,5-7H2,1-4H3. The second kappa shape index (κ2) is 3.81. The van der Waals surface area contributed by atoms with Crippen LogP contribution in [-0.2, 0) is 4.79 Å². The first-order chi connectivity index (χ1) is 5.95. The largest absolute Gasteiger partial charge is 0.303 e. The van der Waals surface area contributed by atoms with E-state index in [2.05, 4.69) is 27.7 Å². The summed E-state index contributed by atoms with van der Waals surface area (Å²) in [4.78, 5) is 10.9. The highest BCUT2D eigenvalue weighted by atomic mass is 16.1. The van der Waals surface area contributed by atoms with Crippen molar-refractivity contribution in [3.63, 3.8) is 0 Å². The van der Waals surface area contributed by atoms with Crippen LogP contribution in [0, 0.1) is 23.2 Å². The third-order valence-electron chi connectivity index (χ3n) is 3.53. The van der Waals surface area contributed by atoms with Crippen LogP contribution >= 0.6 is 0 Å². The lowest BCUT2D eigenvalue weighted by atomic mass is 9.66. The average Bonchev–Trinajstić information content (AvgIpc) is 2.02. The zero-order chi connectivity index (χ0) is 10.1. The highest BCUT2D eigenvalue weighted by molar-refractivity contribution is 5.58. The molecule has 1 heteroatoms. The molecule has 1 aliphatic carbocycles. The smallest absolute Gasteiger partial charge is 0.125 e. The van der Waals surface area contributed by atoms with Gasteiger partial charge in [-0.15, -0.1) is 0 Å². The summed E-state index contributed by atoms with van der Waals surface area (Å²) >= 11 is 0. The lowest BCUT2D eigenvalue weighted by Crippen LogP contribution is -2.32. The maximum atomic E-state index is 10.9. The van der Waals surface area contributed by atoms with Gasteiger partial charge in [0.15, 0.2) is 0 Å². The first kappa shape index (κ1) is 10.7. The molecule has 0 aromatic heterocycles. The Kier molecular flexibility index (Phi) is 3.15. The van der Waals surface area contributed by atoms with Crippen LogP contribution in [0.2, 0.25) is 0 Å². The lowest BCUT2D eigenvalue weighted by molar-refractivity contribution is -0.118. The van der Waals surface area contributed by atoms with Crippen molar-refractivity contribution >= 4 is 6.29 Å². The van der Waals surface area contributed by atoms with Gasteiger partial charge in [0.05, 0.1) is 0 Å². The summed E-state index contributed by atoms with van der Waals surface area (Å²) in [7, 11) is 0. The molecule has 0 spiro atoms. The normalized spacial score (nSPS) is 35.8. The fraction of sp³-hybridized carbons (Fsp3) is 0.917. The number of aldehydes is 1. The minimum absolute atomic E-state index is 0.108. The number of rotatable bonds is 2. The fourth-order valence-corrected chi connectivity index (χ4v) is 2.65. The minimum Gasteiger partial charge on any atom is -0.303 e. The van der Waals surface area contributed by atoms with Crippen LogP contribution < -0.4 is 0 Å². The quantitative estimate of drug-likeness (QED) is 0.599. The summed E-state index contributed by atoms with van der Waals surface area (Å²) in [5.41, 5.74) is -0.108. The van der Waals surface area contributed by atoms with Gasteiger partial charge in [-0.3, -0.25) is 0 Å². The molecule has 0 heterocycles. The highest BCUT2D eigenvalue weighted by Gasteiger charge is 2.34. The van der Waals surface area contributed by atoms with Crippen molar-refractivity contribution in [3.05, 3.63) is 0 Å². The molecule has 1 aliphatic rings. The van der Waals surface area contributed by atoms with E-state index < -0.39 is 0 Å². The molecule has 13 heavy (non-hydrogen) atoms. The van der Waals surface area contributed by atoms with Crippen molar-refractivity contribution in [2.75, 3.05) is 0 Å². The van der Waals surface area contributed by atoms with Crippen molar-refractivity contribution in [2.45, 2.75) is 47.0 Å². The molecule has 1 saturated carbocycles. The molecule has 0 N–H and O–H groups in total. The zero-order valence-corrected chi connectivity index (χ0v) is 9.34. The van der Waals surface area contributed by atoms with Crippen LogP contribution in [0.4, 0.5) is 0 Å². The zero-order valence-electron chi connectivity index (χ0n) is 9.34. The van der Waals surface area contributed by atoms with E-state index in [-0.39, 0.29) is 5.41 Å². The van der Waals surface area contributed by atoms with Gasteiger partial charge < -0.3 is 4.79 Å². The first-order valence-corrected chi connectivity index (χ1v) is 5.42. The van der Waals surface area contributed by atoms with Gasteiger partial charge >= 0.3 is 0 Å². The molecule has 1 rings (SSSR count). The van der Waals surface area contributed by atoms with Gasteiger partial charge in [0, 0.05) is 5.41 Å². The van der Waals surface area contributed by atoms with Crippen molar-refractivity contribution in [1.29, 1.82) is 0 Å². The molecule has 0 bridgehead atoms. The summed E-state index contributed by atoms with van der Waals surface area (Å²) in [6.07, 6.45) is 4.94. The van der Waals surface area contributed by atoms with Gasteiger partial charge in [0.2, 0.25) is 0 Å². The molecule has 0 radical (unpaired) electrons. The Balaban J connectivity index is 2.64. The highest BCUT2D eigenvalue weighted by Crippen LogP contribution is 2.41. The maximum absolute atomic E-state index is 10.9. The predicted molar refractivity (Wildman–Crippen MR) is 55.5 cm³/mol. The number of carbonyl (C=O) groups is 1. The third-order valence-corrected chi connectivity index (χ3v) is 3.53. The number of hydrogen-bond acceptors (Lipinski definition) is 1. The van der Waals surface area contributed by atoms with Gasteiger partial charge in [0.25, 0.3) is 0 Å². The summed E-state index contributed by atoms with van der Waals surface area (Å²) < 4.78 is 0. The Morgan fingerprint density at radius 2 is 1.54 bits per heavy atom. The van der Waals surface area contributed by atoms with Gasteiger partial charge in [0.1, 0.15) is 6.29 Å². The van der Waals surface area contributed by atoms with E-state index in [1.54, 1.807) is 0 Å². The average molecular weight is 182 g/mol. The predicted octanol–water partition coefficient (Wildman–Crippen LogP) is 3.28. The van der Waals surface area contributed by atoms with Gasteiger partial charge in [-0.1, -0.05) is 27.7 Å². The van der Waals surface area contributed by atoms with E-state index in [4.69, 9.17) is 0 Å². The molecule has 0 aromatic carbocycles. The van der Waals surface area contributed by atoms with E-state index in [0.717, 1.165) is 18.1 Å². The Bertz CT molecular complexity index is 174. The minimum atomic E-state index is -0.108. The monoisotopic (exact) mass is 182 g/mol. The first-order valence-electron chi connectivity index (χ1n) is 5.42. The van der Waals surface area contributed by atoms with E-state index >= 15 is 0 Å². The summed E-state index contributed by atoms with van der Waals surface area (Å²) in [5.74, 6) is 2.20. The number of hydrogen-bond donors (Lipinski definition) is 0. The molecule has 0 aliphatic heterocycles. The van der Waals surface area contributed by atoms with Crippen LogP contribution in [0.1, 0.15) is 47.0 Å². The van der Waals surface area contributed by atoms with Crippen LogP contribution in [0.5, 0.6) is 0 Å². The molecule has 0 saturated heterocycles. The second-order valence-electron chi connectivity index (χ2n) is 5.55.